The molecular weight excluding hydrogens is 212 g/mol. The molecule has 1 fully saturated rings. The van der Waals surface area contributed by atoms with Gasteiger partial charge in [-0.2, -0.15) is 4.98 Å². The lowest BCUT2D eigenvalue weighted by Gasteiger charge is -2.21. The third-order valence-electron chi connectivity index (χ3n) is 3.98. The third-order valence-corrected chi connectivity index (χ3v) is 3.98. The molecule has 0 spiro atoms. The zero-order valence-electron chi connectivity index (χ0n) is 11.1. The van der Waals surface area contributed by atoms with Crippen molar-refractivity contribution in [1.82, 2.24) is 9.97 Å². The van der Waals surface area contributed by atoms with E-state index in [0.717, 1.165) is 17.3 Å². The van der Waals surface area contributed by atoms with Crippen LogP contribution in [0.5, 0.6) is 0 Å². The number of aromatic nitrogens is 2. The molecule has 4 nitrogen and oxygen atoms in total. The minimum atomic E-state index is 0.545. The molecule has 0 saturated heterocycles. The number of aryl methyl sites for hydroxylation is 1. The number of anilines is 2. The summed E-state index contributed by atoms with van der Waals surface area (Å²) in [4.78, 5) is 8.68. The molecule has 0 radical (unpaired) electrons. The van der Waals surface area contributed by atoms with Gasteiger partial charge in [-0.15, -0.1) is 0 Å². The van der Waals surface area contributed by atoms with Crippen LogP contribution in [0.15, 0.2) is 6.20 Å². The molecule has 94 valence electrons. The van der Waals surface area contributed by atoms with Gasteiger partial charge in [0.15, 0.2) is 0 Å². The van der Waals surface area contributed by atoms with Crippen LogP contribution in [0.3, 0.4) is 0 Å². The van der Waals surface area contributed by atoms with Crippen LogP contribution in [0.1, 0.15) is 32.3 Å². The van der Waals surface area contributed by atoms with E-state index in [1.807, 2.05) is 20.2 Å². The Hall–Kier alpha value is -1.32. The van der Waals surface area contributed by atoms with E-state index < -0.39 is 0 Å². The molecule has 0 aliphatic heterocycles. The molecule has 3 atom stereocenters. The first-order valence-electron chi connectivity index (χ1n) is 6.39. The summed E-state index contributed by atoms with van der Waals surface area (Å²) in [5.41, 5.74) is 1.11. The van der Waals surface area contributed by atoms with E-state index in [1.54, 1.807) is 0 Å². The summed E-state index contributed by atoms with van der Waals surface area (Å²) >= 11 is 0. The Bertz CT molecular complexity index is 391. The molecule has 2 rings (SSSR count). The Kier molecular flexibility index (Phi) is 3.50. The standard InChI is InChI=1S/C13H22N4/c1-8-5-6-11(10(8)3)16-12-9(2)7-15-13(14-4)17-12/h7-8,10-11H,5-6H2,1-4H3,(H2,14,15,16,17). The van der Waals surface area contributed by atoms with E-state index in [1.165, 1.54) is 12.8 Å². The van der Waals surface area contributed by atoms with Crippen LogP contribution in [-0.2, 0) is 0 Å². The largest absolute Gasteiger partial charge is 0.367 e. The van der Waals surface area contributed by atoms with Gasteiger partial charge in [0.25, 0.3) is 0 Å². The van der Waals surface area contributed by atoms with E-state index in [-0.39, 0.29) is 0 Å². The maximum absolute atomic E-state index is 4.48. The summed E-state index contributed by atoms with van der Waals surface area (Å²) in [5, 5.41) is 6.55. The van der Waals surface area contributed by atoms with Crippen molar-refractivity contribution in [3.8, 4) is 0 Å². The first-order valence-corrected chi connectivity index (χ1v) is 6.39. The molecule has 0 aromatic carbocycles. The van der Waals surface area contributed by atoms with Crippen LogP contribution < -0.4 is 10.6 Å². The summed E-state index contributed by atoms with van der Waals surface area (Å²) in [5.74, 6) is 3.16. The van der Waals surface area contributed by atoms with Gasteiger partial charge in [-0.25, -0.2) is 4.98 Å². The van der Waals surface area contributed by atoms with Crippen molar-refractivity contribution < 1.29 is 0 Å². The summed E-state index contributed by atoms with van der Waals surface area (Å²) in [7, 11) is 1.84. The molecule has 3 unspecified atom stereocenters. The first-order chi connectivity index (χ1) is 8.11. The molecule has 1 aromatic heterocycles. The molecule has 1 aliphatic carbocycles. The van der Waals surface area contributed by atoms with E-state index in [4.69, 9.17) is 0 Å². The van der Waals surface area contributed by atoms with Gasteiger partial charge < -0.3 is 10.6 Å². The van der Waals surface area contributed by atoms with Crippen molar-refractivity contribution in [1.29, 1.82) is 0 Å². The molecule has 2 N–H and O–H groups in total. The second-order valence-corrected chi connectivity index (χ2v) is 5.14. The minimum absolute atomic E-state index is 0.545. The van der Waals surface area contributed by atoms with E-state index in [9.17, 15) is 0 Å². The van der Waals surface area contributed by atoms with Crippen molar-refractivity contribution in [3.63, 3.8) is 0 Å². The summed E-state index contributed by atoms with van der Waals surface area (Å²) in [6.07, 6.45) is 4.41. The van der Waals surface area contributed by atoms with Crippen LogP contribution in [-0.4, -0.2) is 23.1 Å². The Morgan fingerprint density at radius 3 is 2.65 bits per heavy atom. The normalized spacial score (nSPS) is 28.1. The summed E-state index contributed by atoms with van der Waals surface area (Å²) < 4.78 is 0. The molecule has 1 saturated carbocycles. The van der Waals surface area contributed by atoms with Gasteiger partial charge in [0.2, 0.25) is 5.95 Å². The third kappa shape index (κ3) is 2.51. The highest BCUT2D eigenvalue weighted by atomic mass is 15.1. The van der Waals surface area contributed by atoms with Crippen LogP contribution in [0.25, 0.3) is 0 Å². The van der Waals surface area contributed by atoms with Crippen molar-refractivity contribution in [2.24, 2.45) is 11.8 Å². The molecule has 17 heavy (non-hydrogen) atoms. The monoisotopic (exact) mass is 234 g/mol. The van der Waals surface area contributed by atoms with E-state index in [0.29, 0.717) is 17.9 Å². The fourth-order valence-electron chi connectivity index (χ4n) is 2.45. The van der Waals surface area contributed by atoms with Gasteiger partial charge in [0, 0.05) is 24.8 Å². The fraction of sp³-hybridized carbons (Fsp3) is 0.692. The highest BCUT2D eigenvalue weighted by Crippen LogP contribution is 2.33. The van der Waals surface area contributed by atoms with Gasteiger partial charge in [0.05, 0.1) is 0 Å². The van der Waals surface area contributed by atoms with Crippen LogP contribution >= 0.6 is 0 Å². The second-order valence-electron chi connectivity index (χ2n) is 5.14. The highest BCUT2D eigenvalue weighted by Gasteiger charge is 2.30. The fourth-order valence-corrected chi connectivity index (χ4v) is 2.45. The molecule has 1 heterocycles. The lowest BCUT2D eigenvalue weighted by molar-refractivity contribution is 0.435. The second kappa shape index (κ2) is 4.90. The molecule has 0 bridgehead atoms. The van der Waals surface area contributed by atoms with Gasteiger partial charge >= 0.3 is 0 Å². The predicted molar refractivity (Wildman–Crippen MR) is 71.3 cm³/mol. The maximum atomic E-state index is 4.48. The highest BCUT2D eigenvalue weighted by molar-refractivity contribution is 5.47. The average molecular weight is 234 g/mol. The number of nitrogens with one attached hydrogen (secondary N) is 2. The summed E-state index contributed by atoms with van der Waals surface area (Å²) in [6, 6.07) is 0.545. The number of hydrogen-bond donors (Lipinski definition) is 2. The van der Waals surface area contributed by atoms with Gasteiger partial charge in [-0.1, -0.05) is 13.8 Å². The Balaban J connectivity index is 2.13. The number of rotatable bonds is 3. The molecule has 1 aromatic rings. The van der Waals surface area contributed by atoms with E-state index >= 15 is 0 Å². The van der Waals surface area contributed by atoms with E-state index in [2.05, 4.69) is 34.4 Å². The molecule has 1 aliphatic rings. The number of hydrogen-bond acceptors (Lipinski definition) is 4. The van der Waals surface area contributed by atoms with Crippen LogP contribution in [0, 0.1) is 18.8 Å². The summed E-state index contributed by atoms with van der Waals surface area (Å²) in [6.45, 7) is 6.70. The zero-order chi connectivity index (χ0) is 12.4. The molecular formula is C13H22N4. The van der Waals surface area contributed by atoms with Crippen LogP contribution in [0.4, 0.5) is 11.8 Å². The lowest BCUT2D eigenvalue weighted by Crippen LogP contribution is -2.25. The smallest absolute Gasteiger partial charge is 0.224 e. The SMILES string of the molecule is CNc1ncc(C)c(NC2CCC(C)C2C)n1. The predicted octanol–water partition coefficient (Wildman–Crippen LogP) is 2.67. The Morgan fingerprint density at radius 1 is 1.29 bits per heavy atom. The van der Waals surface area contributed by atoms with Crippen molar-refractivity contribution >= 4 is 11.8 Å². The maximum Gasteiger partial charge on any atom is 0.224 e. The van der Waals surface area contributed by atoms with Gasteiger partial charge in [-0.3, -0.25) is 0 Å². The Labute approximate surface area is 103 Å². The lowest BCUT2D eigenvalue weighted by atomic mass is 9.98. The topological polar surface area (TPSA) is 49.8 Å². The molecule has 4 heteroatoms. The van der Waals surface area contributed by atoms with Crippen molar-refractivity contribution in [3.05, 3.63) is 11.8 Å². The first kappa shape index (κ1) is 12.1. The quantitative estimate of drug-likeness (QED) is 0.844. The van der Waals surface area contributed by atoms with Gasteiger partial charge in [0.1, 0.15) is 5.82 Å². The average Bonchev–Trinajstić information content (AvgIpc) is 2.64. The minimum Gasteiger partial charge on any atom is -0.367 e. The van der Waals surface area contributed by atoms with Crippen molar-refractivity contribution in [2.45, 2.75) is 39.7 Å². The Morgan fingerprint density at radius 2 is 2.06 bits per heavy atom. The van der Waals surface area contributed by atoms with Gasteiger partial charge in [-0.05, 0) is 31.6 Å². The molecule has 0 amide bonds. The van der Waals surface area contributed by atoms with Crippen LogP contribution in [0.2, 0.25) is 0 Å². The zero-order valence-corrected chi connectivity index (χ0v) is 11.1. The number of nitrogens with zero attached hydrogens (tertiary/aromatic N) is 2. The van der Waals surface area contributed by atoms with Crippen molar-refractivity contribution in [2.75, 3.05) is 17.7 Å².